The molecule has 0 aromatic heterocycles. The second-order valence-corrected chi connectivity index (χ2v) is 6.19. The molecule has 7 heteroatoms. The Balaban J connectivity index is 0.00000392. The fraction of sp³-hybridized carbons (Fsp3) is 0.333. The number of aliphatic imine (C=N–C) groups is 1. The summed E-state index contributed by atoms with van der Waals surface area (Å²) in [6.07, 6.45) is 1.62. The maximum atomic E-state index is 12.9. The van der Waals surface area contributed by atoms with Gasteiger partial charge in [0.05, 0.1) is 0 Å². The number of anilines is 1. The predicted molar refractivity (Wildman–Crippen MR) is 124 cm³/mol. The molecule has 0 aliphatic carbocycles. The van der Waals surface area contributed by atoms with Crippen molar-refractivity contribution in [2.45, 2.75) is 26.7 Å². The number of benzene rings is 2. The van der Waals surface area contributed by atoms with Crippen molar-refractivity contribution in [3.05, 3.63) is 65.5 Å². The Labute approximate surface area is 183 Å². The fourth-order valence-electron chi connectivity index (χ4n) is 2.57. The highest BCUT2D eigenvalue weighted by atomic mass is 127. The van der Waals surface area contributed by atoms with Crippen molar-refractivity contribution in [2.24, 2.45) is 4.99 Å². The summed E-state index contributed by atoms with van der Waals surface area (Å²) in [5, 5.41) is 9.31. The lowest BCUT2D eigenvalue weighted by Gasteiger charge is -2.11. The number of hydrogen-bond donors (Lipinski definition) is 3. The van der Waals surface area contributed by atoms with Gasteiger partial charge in [0.1, 0.15) is 5.82 Å². The number of guanidine groups is 1. The van der Waals surface area contributed by atoms with Gasteiger partial charge < -0.3 is 16.0 Å². The fourth-order valence-corrected chi connectivity index (χ4v) is 2.57. The number of nitrogens with one attached hydrogen (secondary N) is 3. The van der Waals surface area contributed by atoms with Gasteiger partial charge in [0.2, 0.25) is 5.91 Å². The SMILES string of the molecule is CCNC(=NCCc1ccc(F)cc1)NCCc1ccc(NC(C)=O)cc1.I. The third-order valence-electron chi connectivity index (χ3n) is 3.91. The first-order chi connectivity index (χ1) is 13.1. The van der Waals surface area contributed by atoms with E-state index in [0.717, 1.165) is 43.1 Å². The van der Waals surface area contributed by atoms with Crippen molar-refractivity contribution in [3.8, 4) is 0 Å². The predicted octanol–water partition coefficient (Wildman–Crippen LogP) is 3.74. The van der Waals surface area contributed by atoms with Crippen molar-refractivity contribution in [1.82, 2.24) is 10.6 Å². The molecule has 5 nitrogen and oxygen atoms in total. The lowest BCUT2D eigenvalue weighted by molar-refractivity contribution is -0.114. The van der Waals surface area contributed by atoms with Gasteiger partial charge in [0.25, 0.3) is 0 Å². The lowest BCUT2D eigenvalue weighted by atomic mass is 10.1. The Morgan fingerprint density at radius 1 is 0.964 bits per heavy atom. The quantitative estimate of drug-likeness (QED) is 0.295. The van der Waals surface area contributed by atoms with Crippen LogP contribution in [-0.4, -0.2) is 31.5 Å². The highest BCUT2D eigenvalue weighted by molar-refractivity contribution is 14.0. The molecule has 2 aromatic carbocycles. The highest BCUT2D eigenvalue weighted by Gasteiger charge is 2.00. The molecule has 2 rings (SSSR count). The molecule has 0 heterocycles. The summed E-state index contributed by atoms with van der Waals surface area (Å²) in [6.45, 7) is 5.69. The summed E-state index contributed by atoms with van der Waals surface area (Å²) in [5.74, 6) is 0.480. The Morgan fingerprint density at radius 3 is 2.18 bits per heavy atom. The van der Waals surface area contributed by atoms with Crippen LogP contribution < -0.4 is 16.0 Å². The first kappa shape index (κ1) is 23.9. The number of carbonyl (C=O) groups is 1. The molecule has 0 fully saturated rings. The zero-order valence-corrected chi connectivity index (χ0v) is 18.6. The molecule has 0 radical (unpaired) electrons. The minimum atomic E-state index is -0.220. The van der Waals surface area contributed by atoms with Crippen molar-refractivity contribution in [2.75, 3.05) is 25.0 Å². The molecule has 0 aliphatic heterocycles. The van der Waals surface area contributed by atoms with Crippen LogP contribution in [0.5, 0.6) is 0 Å². The number of amides is 1. The van der Waals surface area contributed by atoms with Gasteiger partial charge in [-0.25, -0.2) is 4.39 Å². The standard InChI is InChI=1S/C21H27FN4O.HI/c1-3-23-21(24-14-12-17-4-8-19(22)9-5-17)25-15-13-18-6-10-20(11-7-18)26-16(2)27;/h4-11H,3,12-15H2,1-2H3,(H,26,27)(H2,23,24,25);1H. The number of carbonyl (C=O) groups excluding carboxylic acids is 1. The minimum Gasteiger partial charge on any atom is -0.357 e. The lowest BCUT2D eigenvalue weighted by Crippen LogP contribution is -2.38. The summed E-state index contributed by atoms with van der Waals surface area (Å²) in [4.78, 5) is 15.6. The molecule has 152 valence electrons. The number of hydrogen-bond acceptors (Lipinski definition) is 2. The molecule has 3 N–H and O–H groups in total. The highest BCUT2D eigenvalue weighted by Crippen LogP contribution is 2.09. The molecule has 0 saturated heterocycles. The van der Waals surface area contributed by atoms with E-state index in [2.05, 4.69) is 20.9 Å². The number of nitrogens with zero attached hydrogens (tertiary/aromatic N) is 1. The van der Waals surface area contributed by atoms with E-state index in [4.69, 9.17) is 0 Å². The van der Waals surface area contributed by atoms with Crippen LogP contribution in [0.4, 0.5) is 10.1 Å². The van der Waals surface area contributed by atoms with Crippen LogP contribution in [0.1, 0.15) is 25.0 Å². The number of rotatable bonds is 8. The monoisotopic (exact) mass is 498 g/mol. The van der Waals surface area contributed by atoms with Crippen LogP contribution in [-0.2, 0) is 17.6 Å². The van der Waals surface area contributed by atoms with Gasteiger partial charge in [-0.1, -0.05) is 24.3 Å². The minimum absolute atomic E-state index is 0. The molecule has 0 unspecified atom stereocenters. The normalized spacial score (nSPS) is 10.8. The summed E-state index contributed by atoms with van der Waals surface area (Å²) in [5.41, 5.74) is 3.05. The van der Waals surface area contributed by atoms with Gasteiger partial charge in [0.15, 0.2) is 5.96 Å². The van der Waals surface area contributed by atoms with Crippen molar-refractivity contribution in [1.29, 1.82) is 0 Å². The first-order valence-electron chi connectivity index (χ1n) is 9.20. The average molecular weight is 498 g/mol. The van der Waals surface area contributed by atoms with E-state index in [-0.39, 0.29) is 35.7 Å². The van der Waals surface area contributed by atoms with E-state index in [9.17, 15) is 9.18 Å². The van der Waals surface area contributed by atoms with Crippen LogP contribution in [0, 0.1) is 5.82 Å². The Hall–Kier alpha value is -2.16. The Bertz CT molecular complexity index is 748. The Morgan fingerprint density at radius 2 is 1.57 bits per heavy atom. The zero-order valence-electron chi connectivity index (χ0n) is 16.3. The largest absolute Gasteiger partial charge is 0.357 e. The molecule has 0 spiro atoms. The molecule has 28 heavy (non-hydrogen) atoms. The van der Waals surface area contributed by atoms with E-state index in [1.54, 1.807) is 12.1 Å². The Kier molecular flexibility index (Phi) is 11.2. The van der Waals surface area contributed by atoms with Gasteiger partial charge in [0, 0.05) is 32.2 Å². The van der Waals surface area contributed by atoms with Gasteiger partial charge >= 0.3 is 0 Å². The second kappa shape index (κ2) is 13.1. The second-order valence-electron chi connectivity index (χ2n) is 6.19. The molecule has 0 aliphatic rings. The smallest absolute Gasteiger partial charge is 0.221 e. The van der Waals surface area contributed by atoms with Crippen LogP contribution >= 0.6 is 24.0 Å². The molecule has 0 atom stereocenters. The third kappa shape index (κ3) is 9.16. The van der Waals surface area contributed by atoms with Crippen molar-refractivity contribution >= 4 is 41.5 Å². The maximum absolute atomic E-state index is 12.9. The van der Waals surface area contributed by atoms with Crippen LogP contribution in [0.3, 0.4) is 0 Å². The van der Waals surface area contributed by atoms with E-state index >= 15 is 0 Å². The van der Waals surface area contributed by atoms with E-state index < -0.39 is 0 Å². The van der Waals surface area contributed by atoms with Crippen LogP contribution in [0.25, 0.3) is 0 Å². The molecule has 2 aromatic rings. The summed E-state index contributed by atoms with van der Waals surface area (Å²) >= 11 is 0. The first-order valence-corrected chi connectivity index (χ1v) is 9.20. The molecular formula is C21H28FIN4O. The van der Waals surface area contributed by atoms with Gasteiger partial charge in [-0.05, 0) is 55.2 Å². The summed E-state index contributed by atoms with van der Waals surface area (Å²) < 4.78 is 12.9. The molecule has 0 bridgehead atoms. The van der Waals surface area contributed by atoms with Crippen molar-refractivity contribution < 1.29 is 9.18 Å². The van der Waals surface area contributed by atoms with Crippen LogP contribution in [0.15, 0.2) is 53.5 Å². The van der Waals surface area contributed by atoms with E-state index in [1.165, 1.54) is 24.6 Å². The molecule has 1 amide bonds. The molecule has 0 saturated carbocycles. The van der Waals surface area contributed by atoms with E-state index in [0.29, 0.717) is 6.54 Å². The van der Waals surface area contributed by atoms with Gasteiger partial charge in [-0.2, -0.15) is 0 Å². The zero-order chi connectivity index (χ0) is 19.5. The van der Waals surface area contributed by atoms with Crippen molar-refractivity contribution in [3.63, 3.8) is 0 Å². The van der Waals surface area contributed by atoms with E-state index in [1.807, 2.05) is 31.2 Å². The summed E-state index contributed by atoms with van der Waals surface area (Å²) in [6, 6.07) is 14.3. The number of halogens is 2. The van der Waals surface area contributed by atoms with Crippen LogP contribution in [0.2, 0.25) is 0 Å². The van der Waals surface area contributed by atoms with Gasteiger partial charge in [-0.15, -0.1) is 24.0 Å². The van der Waals surface area contributed by atoms with Gasteiger partial charge in [-0.3, -0.25) is 9.79 Å². The topological polar surface area (TPSA) is 65.5 Å². The summed E-state index contributed by atoms with van der Waals surface area (Å²) in [7, 11) is 0. The third-order valence-corrected chi connectivity index (χ3v) is 3.91. The molecular weight excluding hydrogens is 470 g/mol. The average Bonchev–Trinajstić information content (AvgIpc) is 2.64. The maximum Gasteiger partial charge on any atom is 0.221 e.